The van der Waals surface area contributed by atoms with Crippen LogP contribution in [0, 0.1) is 0 Å². The third-order valence-corrected chi connectivity index (χ3v) is 6.03. The van der Waals surface area contributed by atoms with Gasteiger partial charge in [-0.2, -0.15) is 0 Å². The van der Waals surface area contributed by atoms with Crippen molar-refractivity contribution >= 4 is 44.8 Å². The Balaban J connectivity index is 1.56. The minimum atomic E-state index is -0.335. The first-order valence-electron chi connectivity index (χ1n) is 11.0. The standard InChI is InChI=1S/C26H24FN3O2/c27-13-7-1-2-8-14-30-25(31)23(21-15-17-9-3-5-11-19(17)28-21)24(26(30)32)22-16-18-10-4-6-12-20(18)29-22/h3-6,9-12,15-16,28-29H,1-2,7-8,13-14H2. The third kappa shape index (κ3) is 3.51. The zero-order valence-electron chi connectivity index (χ0n) is 17.7. The van der Waals surface area contributed by atoms with E-state index in [1.54, 1.807) is 0 Å². The molecule has 5 rings (SSSR count). The molecule has 2 aromatic carbocycles. The van der Waals surface area contributed by atoms with E-state index in [1.807, 2.05) is 60.7 Å². The number of aromatic nitrogens is 2. The Hall–Kier alpha value is -3.67. The number of amides is 2. The largest absolute Gasteiger partial charge is 0.354 e. The molecule has 32 heavy (non-hydrogen) atoms. The molecule has 1 aliphatic rings. The normalized spacial score (nSPS) is 14.5. The van der Waals surface area contributed by atoms with Gasteiger partial charge in [0.1, 0.15) is 0 Å². The van der Waals surface area contributed by atoms with Gasteiger partial charge in [-0.15, -0.1) is 0 Å². The lowest BCUT2D eigenvalue weighted by atomic mass is 10.0. The number of nitrogens with zero attached hydrogens (tertiary/aromatic N) is 1. The van der Waals surface area contributed by atoms with Gasteiger partial charge in [-0.05, 0) is 37.1 Å². The minimum Gasteiger partial charge on any atom is -0.354 e. The zero-order chi connectivity index (χ0) is 22.1. The SMILES string of the molecule is O=C1C(c2cc3ccccc3[nH]2)=C(c2cc3ccccc3[nH]2)C(=O)N1CCCCCCF. The number of para-hydroxylation sites is 2. The highest BCUT2D eigenvalue weighted by Crippen LogP contribution is 2.37. The second kappa shape index (κ2) is 8.46. The summed E-state index contributed by atoms with van der Waals surface area (Å²) in [6, 6.07) is 19.4. The van der Waals surface area contributed by atoms with Crippen molar-refractivity contribution in [1.82, 2.24) is 14.9 Å². The summed E-state index contributed by atoms with van der Waals surface area (Å²) in [5.41, 5.74) is 3.88. The molecule has 0 bridgehead atoms. The topological polar surface area (TPSA) is 69.0 Å². The van der Waals surface area contributed by atoms with Crippen molar-refractivity contribution in [2.45, 2.75) is 25.7 Å². The van der Waals surface area contributed by atoms with E-state index >= 15 is 0 Å². The summed E-state index contributed by atoms with van der Waals surface area (Å²) in [6.07, 6.45) is 2.71. The fourth-order valence-electron chi connectivity index (χ4n) is 4.41. The van der Waals surface area contributed by atoms with Crippen molar-refractivity contribution in [2.75, 3.05) is 13.2 Å². The van der Waals surface area contributed by atoms with Gasteiger partial charge in [-0.1, -0.05) is 49.2 Å². The number of H-pyrrole nitrogens is 2. The Kier molecular flexibility index (Phi) is 5.35. The van der Waals surface area contributed by atoms with Crippen molar-refractivity contribution in [2.24, 2.45) is 0 Å². The van der Waals surface area contributed by atoms with Gasteiger partial charge in [0.25, 0.3) is 11.8 Å². The van der Waals surface area contributed by atoms with Crippen molar-refractivity contribution in [3.05, 3.63) is 72.1 Å². The quantitative estimate of drug-likeness (QED) is 0.288. The maximum absolute atomic E-state index is 13.5. The van der Waals surface area contributed by atoms with Gasteiger partial charge in [0, 0.05) is 28.4 Å². The molecule has 0 fully saturated rings. The number of fused-ring (bicyclic) bond motifs is 2. The predicted molar refractivity (Wildman–Crippen MR) is 125 cm³/mol. The number of imide groups is 1. The summed E-state index contributed by atoms with van der Waals surface area (Å²) in [4.78, 5) is 34.9. The van der Waals surface area contributed by atoms with Crippen LogP contribution in [-0.4, -0.2) is 39.9 Å². The van der Waals surface area contributed by atoms with Crippen molar-refractivity contribution in [1.29, 1.82) is 0 Å². The molecule has 5 nitrogen and oxygen atoms in total. The van der Waals surface area contributed by atoms with Crippen LogP contribution in [0.5, 0.6) is 0 Å². The molecule has 2 N–H and O–H groups in total. The number of hydrogen-bond acceptors (Lipinski definition) is 2. The Morgan fingerprint density at radius 3 is 1.69 bits per heavy atom. The van der Waals surface area contributed by atoms with Crippen LogP contribution in [0.15, 0.2) is 60.7 Å². The van der Waals surface area contributed by atoms with Crippen LogP contribution in [0.3, 0.4) is 0 Å². The number of alkyl halides is 1. The zero-order valence-corrected chi connectivity index (χ0v) is 17.7. The summed E-state index contributed by atoms with van der Waals surface area (Å²) in [5.74, 6) is -0.582. The molecule has 1 aliphatic heterocycles. The summed E-state index contributed by atoms with van der Waals surface area (Å²) in [6.45, 7) is -0.00436. The predicted octanol–water partition coefficient (Wildman–Crippen LogP) is 5.46. The highest BCUT2D eigenvalue weighted by atomic mass is 19.1. The number of nitrogens with one attached hydrogen (secondary N) is 2. The average Bonchev–Trinajstić information content (AvgIpc) is 3.48. The molecule has 0 radical (unpaired) electrons. The monoisotopic (exact) mass is 429 g/mol. The smallest absolute Gasteiger partial charge is 0.263 e. The van der Waals surface area contributed by atoms with E-state index in [2.05, 4.69) is 9.97 Å². The molecule has 0 atom stereocenters. The Morgan fingerprint density at radius 1 is 0.688 bits per heavy atom. The number of carbonyl (C=O) groups is 2. The molecule has 4 aromatic rings. The molecule has 2 amide bonds. The van der Waals surface area contributed by atoms with Gasteiger partial charge in [0.05, 0.1) is 29.2 Å². The Bertz CT molecular complexity index is 1190. The first-order valence-corrected chi connectivity index (χ1v) is 11.0. The number of unbranched alkanes of at least 4 members (excludes halogenated alkanes) is 3. The van der Waals surface area contributed by atoms with Crippen molar-refractivity contribution in [3.8, 4) is 0 Å². The number of rotatable bonds is 8. The third-order valence-electron chi connectivity index (χ3n) is 6.03. The van der Waals surface area contributed by atoms with E-state index in [0.717, 1.165) is 34.6 Å². The van der Waals surface area contributed by atoms with Crippen LogP contribution in [0.2, 0.25) is 0 Å². The van der Waals surface area contributed by atoms with Gasteiger partial charge in [-0.25, -0.2) is 0 Å². The van der Waals surface area contributed by atoms with Gasteiger partial charge >= 0.3 is 0 Å². The van der Waals surface area contributed by atoms with E-state index in [-0.39, 0.29) is 18.5 Å². The molecule has 6 heteroatoms. The molecule has 0 spiro atoms. The number of hydrogen-bond donors (Lipinski definition) is 2. The van der Waals surface area contributed by atoms with Crippen molar-refractivity contribution < 1.29 is 14.0 Å². The summed E-state index contributed by atoms with van der Waals surface area (Å²) in [5, 5.41) is 1.96. The number of halogens is 1. The number of carbonyl (C=O) groups excluding carboxylic acids is 2. The van der Waals surface area contributed by atoms with Crippen LogP contribution >= 0.6 is 0 Å². The van der Waals surface area contributed by atoms with E-state index in [0.29, 0.717) is 41.9 Å². The lowest BCUT2D eigenvalue weighted by Crippen LogP contribution is -2.32. The van der Waals surface area contributed by atoms with Gasteiger partial charge < -0.3 is 9.97 Å². The van der Waals surface area contributed by atoms with Gasteiger partial charge in [-0.3, -0.25) is 18.9 Å². The maximum atomic E-state index is 13.5. The van der Waals surface area contributed by atoms with Crippen LogP contribution < -0.4 is 0 Å². The fourth-order valence-corrected chi connectivity index (χ4v) is 4.41. The molecule has 0 aliphatic carbocycles. The molecule has 0 saturated carbocycles. The summed E-state index contributed by atoms with van der Waals surface area (Å²) >= 11 is 0. The summed E-state index contributed by atoms with van der Waals surface area (Å²) in [7, 11) is 0. The highest BCUT2D eigenvalue weighted by molar-refractivity contribution is 6.48. The maximum Gasteiger partial charge on any atom is 0.263 e. The molecule has 162 valence electrons. The lowest BCUT2D eigenvalue weighted by molar-refractivity contribution is -0.136. The van der Waals surface area contributed by atoms with Gasteiger partial charge in [0.2, 0.25) is 0 Å². The molecule has 3 heterocycles. The first kappa shape index (κ1) is 20.2. The lowest BCUT2D eigenvalue weighted by Gasteiger charge is -2.14. The average molecular weight is 429 g/mol. The number of aromatic amines is 2. The summed E-state index contributed by atoms with van der Waals surface area (Å²) < 4.78 is 12.4. The van der Waals surface area contributed by atoms with Crippen LogP contribution in [0.1, 0.15) is 37.1 Å². The second-order valence-corrected chi connectivity index (χ2v) is 8.16. The van der Waals surface area contributed by atoms with Crippen LogP contribution in [0.4, 0.5) is 4.39 Å². The van der Waals surface area contributed by atoms with Crippen molar-refractivity contribution in [3.63, 3.8) is 0 Å². The molecule has 2 aromatic heterocycles. The molecule has 0 saturated heterocycles. The fraction of sp³-hybridized carbons (Fsp3) is 0.231. The van der Waals surface area contributed by atoms with Crippen LogP contribution in [0.25, 0.3) is 33.0 Å². The van der Waals surface area contributed by atoms with E-state index in [4.69, 9.17) is 0 Å². The van der Waals surface area contributed by atoms with E-state index in [9.17, 15) is 14.0 Å². The minimum absolute atomic E-state index is 0.291. The number of benzene rings is 2. The second-order valence-electron chi connectivity index (χ2n) is 8.16. The Labute approximate surface area is 184 Å². The highest BCUT2D eigenvalue weighted by Gasteiger charge is 2.40. The van der Waals surface area contributed by atoms with Crippen LogP contribution in [-0.2, 0) is 9.59 Å². The van der Waals surface area contributed by atoms with E-state index < -0.39 is 0 Å². The Morgan fingerprint density at radius 2 is 1.19 bits per heavy atom. The molecular formula is C26H24FN3O2. The van der Waals surface area contributed by atoms with Gasteiger partial charge in [0.15, 0.2) is 0 Å². The molecule has 0 unspecified atom stereocenters. The first-order chi connectivity index (χ1) is 15.7. The van der Waals surface area contributed by atoms with E-state index in [1.165, 1.54) is 4.90 Å². The molecular weight excluding hydrogens is 405 g/mol.